The molecule has 0 amide bonds. The second kappa shape index (κ2) is 6.89. The molecule has 2 aromatic carbocycles. The average Bonchev–Trinajstić information content (AvgIpc) is 3.03. The molecular formula is C17H15ClFN3O. The minimum atomic E-state index is -0.299. The van der Waals surface area contributed by atoms with Gasteiger partial charge in [-0.15, -0.1) is 10.2 Å². The highest BCUT2D eigenvalue weighted by Gasteiger charge is 2.10. The van der Waals surface area contributed by atoms with Crippen LogP contribution in [-0.4, -0.2) is 10.2 Å². The van der Waals surface area contributed by atoms with Crippen molar-refractivity contribution in [3.05, 3.63) is 70.8 Å². The van der Waals surface area contributed by atoms with E-state index in [0.29, 0.717) is 28.9 Å². The van der Waals surface area contributed by atoms with Crippen LogP contribution in [0.25, 0.3) is 11.5 Å². The molecule has 4 nitrogen and oxygen atoms in total. The molecular weight excluding hydrogens is 317 g/mol. The quantitative estimate of drug-likeness (QED) is 0.753. The third-order valence-electron chi connectivity index (χ3n) is 3.49. The molecule has 1 heterocycles. The van der Waals surface area contributed by atoms with E-state index in [1.165, 1.54) is 12.1 Å². The maximum Gasteiger partial charge on any atom is 0.247 e. The van der Waals surface area contributed by atoms with Gasteiger partial charge in [0.15, 0.2) is 0 Å². The molecule has 3 rings (SSSR count). The van der Waals surface area contributed by atoms with E-state index in [2.05, 4.69) is 15.5 Å². The Morgan fingerprint density at radius 2 is 1.78 bits per heavy atom. The van der Waals surface area contributed by atoms with Crippen LogP contribution in [0.4, 0.5) is 4.39 Å². The van der Waals surface area contributed by atoms with E-state index in [4.69, 9.17) is 16.0 Å². The third kappa shape index (κ3) is 3.94. The lowest BCUT2D eigenvalue weighted by Crippen LogP contribution is -2.18. The zero-order valence-electron chi connectivity index (χ0n) is 12.5. The molecule has 1 N–H and O–H groups in total. The van der Waals surface area contributed by atoms with Crippen LogP contribution < -0.4 is 5.32 Å². The zero-order chi connectivity index (χ0) is 16.2. The minimum absolute atomic E-state index is 0.119. The number of hydrogen-bond donors (Lipinski definition) is 1. The molecule has 0 bridgehead atoms. The lowest BCUT2D eigenvalue weighted by molar-refractivity contribution is 0.454. The van der Waals surface area contributed by atoms with Crippen LogP contribution in [0.2, 0.25) is 5.02 Å². The standard InChI is InChI=1S/C17H15ClFN3O/c1-11(12-2-6-14(18)7-3-12)20-10-16-21-22-17(23-16)13-4-8-15(19)9-5-13/h2-9,11,20H,10H2,1H3. The van der Waals surface area contributed by atoms with Gasteiger partial charge in [0.2, 0.25) is 11.8 Å². The fraction of sp³-hybridized carbons (Fsp3) is 0.176. The summed E-state index contributed by atoms with van der Waals surface area (Å²) in [6.07, 6.45) is 0. The maximum absolute atomic E-state index is 12.9. The third-order valence-corrected chi connectivity index (χ3v) is 3.74. The molecule has 0 fully saturated rings. The number of rotatable bonds is 5. The van der Waals surface area contributed by atoms with E-state index >= 15 is 0 Å². The first-order valence-corrected chi connectivity index (χ1v) is 7.57. The molecule has 1 atom stereocenters. The van der Waals surface area contributed by atoms with E-state index < -0.39 is 0 Å². The molecule has 0 radical (unpaired) electrons. The van der Waals surface area contributed by atoms with Crippen LogP contribution in [0.15, 0.2) is 52.9 Å². The van der Waals surface area contributed by atoms with Gasteiger partial charge >= 0.3 is 0 Å². The number of nitrogens with one attached hydrogen (secondary N) is 1. The number of halogens is 2. The molecule has 0 spiro atoms. The van der Waals surface area contributed by atoms with Crippen molar-refractivity contribution in [1.82, 2.24) is 15.5 Å². The van der Waals surface area contributed by atoms with Crippen LogP contribution in [0.5, 0.6) is 0 Å². The summed E-state index contributed by atoms with van der Waals surface area (Å²) >= 11 is 5.88. The van der Waals surface area contributed by atoms with Crippen LogP contribution in [0.1, 0.15) is 24.4 Å². The van der Waals surface area contributed by atoms with Crippen molar-refractivity contribution < 1.29 is 8.81 Å². The SMILES string of the molecule is CC(NCc1nnc(-c2ccc(F)cc2)o1)c1ccc(Cl)cc1. The second-order valence-electron chi connectivity index (χ2n) is 5.16. The average molecular weight is 332 g/mol. The molecule has 0 aliphatic rings. The molecule has 0 saturated heterocycles. The summed E-state index contributed by atoms with van der Waals surface area (Å²) in [5.74, 6) is 0.554. The van der Waals surface area contributed by atoms with Gasteiger partial charge in [0.25, 0.3) is 0 Å². The molecule has 0 aliphatic heterocycles. The number of benzene rings is 2. The van der Waals surface area contributed by atoms with Gasteiger partial charge in [-0.25, -0.2) is 4.39 Å². The summed E-state index contributed by atoms with van der Waals surface area (Å²) in [7, 11) is 0. The number of aromatic nitrogens is 2. The highest BCUT2D eigenvalue weighted by Crippen LogP contribution is 2.19. The van der Waals surface area contributed by atoms with Crippen LogP contribution >= 0.6 is 11.6 Å². The monoisotopic (exact) mass is 331 g/mol. The Kier molecular flexibility index (Phi) is 4.69. The van der Waals surface area contributed by atoms with Gasteiger partial charge in [0, 0.05) is 16.6 Å². The first-order chi connectivity index (χ1) is 11.1. The smallest absolute Gasteiger partial charge is 0.247 e. The maximum atomic E-state index is 12.9. The van der Waals surface area contributed by atoms with Crippen molar-refractivity contribution in [1.29, 1.82) is 0 Å². The molecule has 118 valence electrons. The van der Waals surface area contributed by atoms with E-state index in [9.17, 15) is 4.39 Å². The Hall–Kier alpha value is -2.24. The van der Waals surface area contributed by atoms with E-state index in [1.54, 1.807) is 12.1 Å². The van der Waals surface area contributed by atoms with Gasteiger partial charge in [0.1, 0.15) is 5.82 Å². The lowest BCUT2D eigenvalue weighted by Gasteiger charge is -2.12. The predicted octanol–water partition coefficient (Wildman–Crippen LogP) is 4.38. The van der Waals surface area contributed by atoms with E-state index in [0.717, 1.165) is 5.56 Å². The van der Waals surface area contributed by atoms with Crippen molar-refractivity contribution >= 4 is 11.6 Å². The van der Waals surface area contributed by atoms with Crippen LogP contribution in [0.3, 0.4) is 0 Å². The molecule has 1 aromatic heterocycles. The van der Waals surface area contributed by atoms with E-state index in [1.807, 2.05) is 31.2 Å². The van der Waals surface area contributed by atoms with Gasteiger partial charge in [0.05, 0.1) is 6.54 Å². The zero-order valence-corrected chi connectivity index (χ0v) is 13.2. The van der Waals surface area contributed by atoms with Crippen molar-refractivity contribution in [3.8, 4) is 11.5 Å². The summed E-state index contributed by atoms with van der Waals surface area (Å²) in [6, 6.07) is 13.7. The highest BCUT2D eigenvalue weighted by atomic mass is 35.5. The molecule has 3 aromatic rings. The molecule has 23 heavy (non-hydrogen) atoms. The minimum Gasteiger partial charge on any atom is -0.419 e. The summed E-state index contributed by atoms with van der Waals surface area (Å²) in [6.45, 7) is 2.48. The Bertz CT molecular complexity index is 771. The van der Waals surface area contributed by atoms with Crippen LogP contribution in [0, 0.1) is 5.82 Å². The van der Waals surface area contributed by atoms with Crippen molar-refractivity contribution in [2.24, 2.45) is 0 Å². The van der Waals surface area contributed by atoms with Gasteiger partial charge < -0.3 is 9.73 Å². The summed E-state index contributed by atoms with van der Waals surface area (Å²) < 4.78 is 18.5. The second-order valence-corrected chi connectivity index (χ2v) is 5.60. The van der Waals surface area contributed by atoms with Crippen molar-refractivity contribution in [2.75, 3.05) is 0 Å². The fourth-order valence-corrected chi connectivity index (χ4v) is 2.27. The predicted molar refractivity (Wildman–Crippen MR) is 86.4 cm³/mol. The number of nitrogens with zero attached hydrogens (tertiary/aromatic N) is 2. The topological polar surface area (TPSA) is 51.0 Å². The Morgan fingerprint density at radius 3 is 2.48 bits per heavy atom. The van der Waals surface area contributed by atoms with Crippen LogP contribution in [-0.2, 0) is 6.54 Å². The summed E-state index contributed by atoms with van der Waals surface area (Å²) in [5, 5.41) is 12.0. The molecule has 6 heteroatoms. The first-order valence-electron chi connectivity index (χ1n) is 7.19. The largest absolute Gasteiger partial charge is 0.419 e. The molecule has 1 unspecified atom stereocenters. The van der Waals surface area contributed by atoms with Gasteiger partial charge in [-0.3, -0.25) is 0 Å². The Morgan fingerprint density at radius 1 is 1.09 bits per heavy atom. The van der Waals surface area contributed by atoms with Gasteiger partial charge in [-0.2, -0.15) is 0 Å². The molecule has 0 aliphatic carbocycles. The van der Waals surface area contributed by atoms with Gasteiger partial charge in [-0.05, 0) is 48.9 Å². The van der Waals surface area contributed by atoms with Crippen molar-refractivity contribution in [3.63, 3.8) is 0 Å². The summed E-state index contributed by atoms with van der Waals surface area (Å²) in [5.41, 5.74) is 1.81. The lowest BCUT2D eigenvalue weighted by atomic mass is 10.1. The normalized spacial score (nSPS) is 12.3. The fourth-order valence-electron chi connectivity index (χ4n) is 2.14. The van der Waals surface area contributed by atoms with Crippen molar-refractivity contribution in [2.45, 2.75) is 19.5 Å². The van der Waals surface area contributed by atoms with E-state index in [-0.39, 0.29) is 11.9 Å². The highest BCUT2D eigenvalue weighted by molar-refractivity contribution is 6.30. The summed E-state index contributed by atoms with van der Waals surface area (Å²) in [4.78, 5) is 0. The Balaban J connectivity index is 1.63. The molecule has 0 saturated carbocycles. The van der Waals surface area contributed by atoms with Gasteiger partial charge in [-0.1, -0.05) is 23.7 Å². The Labute approximate surface area is 138 Å². The first kappa shape index (κ1) is 15.6. The number of hydrogen-bond acceptors (Lipinski definition) is 4.